The van der Waals surface area contributed by atoms with Gasteiger partial charge in [0.2, 0.25) is 0 Å². The summed E-state index contributed by atoms with van der Waals surface area (Å²) in [6.07, 6.45) is 8.50. The van der Waals surface area contributed by atoms with Crippen LogP contribution in [0.1, 0.15) is 25.7 Å². The van der Waals surface area contributed by atoms with Gasteiger partial charge in [-0.2, -0.15) is 11.8 Å². The standard InChI is InChI=1S/C17H29N3OS/c1-3-9-19(10-4-2)16(21)18-15-17(7-5-6-8-17)20-11-13-22-14-12-20/h3-4H,1-2,5-15H2,(H,18,21). The van der Waals surface area contributed by atoms with E-state index in [2.05, 4.69) is 23.4 Å². The predicted molar refractivity (Wildman–Crippen MR) is 95.5 cm³/mol. The second-order valence-corrected chi connectivity index (χ2v) is 7.40. The first-order chi connectivity index (χ1) is 10.7. The maximum absolute atomic E-state index is 12.4. The third-order valence-electron chi connectivity index (χ3n) is 4.77. The highest BCUT2D eigenvalue weighted by molar-refractivity contribution is 7.99. The summed E-state index contributed by atoms with van der Waals surface area (Å²) < 4.78 is 0. The quantitative estimate of drug-likeness (QED) is 0.732. The normalized spacial score (nSPS) is 21.3. The van der Waals surface area contributed by atoms with Gasteiger partial charge in [0.15, 0.2) is 0 Å². The van der Waals surface area contributed by atoms with Gasteiger partial charge in [0, 0.05) is 49.8 Å². The number of thioether (sulfide) groups is 1. The van der Waals surface area contributed by atoms with Crippen LogP contribution in [0, 0.1) is 0 Å². The van der Waals surface area contributed by atoms with Crippen LogP contribution >= 0.6 is 11.8 Å². The Labute approximate surface area is 139 Å². The van der Waals surface area contributed by atoms with Gasteiger partial charge in [-0.15, -0.1) is 13.2 Å². The van der Waals surface area contributed by atoms with Crippen molar-refractivity contribution in [3.05, 3.63) is 25.3 Å². The zero-order valence-corrected chi connectivity index (χ0v) is 14.4. The topological polar surface area (TPSA) is 35.6 Å². The van der Waals surface area contributed by atoms with Crippen LogP contribution in [0.25, 0.3) is 0 Å². The molecule has 0 unspecified atom stereocenters. The van der Waals surface area contributed by atoms with Gasteiger partial charge in [-0.25, -0.2) is 4.79 Å². The fourth-order valence-electron chi connectivity index (χ4n) is 3.58. The predicted octanol–water partition coefficient (Wildman–Crippen LogP) is 2.73. The average molecular weight is 324 g/mol. The number of urea groups is 1. The SMILES string of the molecule is C=CCN(CC=C)C(=O)NCC1(N2CCSCC2)CCCC1. The van der Waals surface area contributed by atoms with Crippen molar-refractivity contribution in [1.29, 1.82) is 0 Å². The fraction of sp³-hybridized carbons (Fsp3) is 0.706. The summed E-state index contributed by atoms with van der Waals surface area (Å²) in [6, 6.07) is -0.00235. The van der Waals surface area contributed by atoms with Crippen molar-refractivity contribution in [2.24, 2.45) is 0 Å². The zero-order valence-electron chi connectivity index (χ0n) is 13.6. The molecule has 1 N–H and O–H groups in total. The highest BCUT2D eigenvalue weighted by atomic mass is 32.2. The second-order valence-electron chi connectivity index (χ2n) is 6.17. The summed E-state index contributed by atoms with van der Waals surface area (Å²) in [6.45, 7) is 11.6. The highest BCUT2D eigenvalue weighted by Gasteiger charge is 2.40. The summed E-state index contributed by atoms with van der Waals surface area (Å²) in [5.41, 5.74) is 0.185. The van der Waals surface area contributed by atoms with Crippen LogP contribution in [-0.2, 0) is 0 Å². The molecule has 0 radical (unpaired) electrons. The first-order valence-corrected chi connectivity index (χ1v) is 9.45. The maximum Gasteiger partial charge on any atom is 0.318 e. The van der Waals surface area contributed by atoms with Crippen molar-refractivity contribution < 1.29 is 4.79 Å². The van der Waals surface area contributed by atoms with Crippen molar-refractivity contribution in [3.8, 4) is 0 Å². The molecule has 0 aromatic rings. The molecule has 2 fully saturated rings. The summed E-state index contributed by atoms with van der Waals surface area (Å²) in [7, 11) is 0. The molecule has 0 spiro atoms. The van der Waals surface area contributed by atoms with Gasteiger partial charge >= 0.3 is 6.03 Å². The lowest BCUT2D eigenvalue weighted by molar-refractivity contribution is 0.102. The number of amides is 2. The Morgan fingerprint density at radius 2 is 1.77 bits per heavy atom. The van der Waals surface area contributed by atoms with Crippen LogP contribution in [0.5, 0.6) is 0 Å². The van der Waals surface area contributed by atoms with Gasteiger partial charge in [0.25, 0.3) is 0 Å². The molecule has 1 heterocycles. The number of rotatable bonds is 7. The van der Waals surface area contributed by atoms with E-state index in [1.807, 2.05) is 11.8 Å². The Morgan fingerprint density at radius 1 is 1.18 bits per heavy atom. The Bertz CT molecular complexity index is 377. The van der Waals surface area contributed by atoms with E-state index in [-0.39, 0.29) is 11.6 Å². The average Bonchev–Trinajstić information content (AvgIpc) is 3.03. The van der Waals surface area contributed by atoms with Crippen LogP contribution in [0.4, 0.5) is 4.79 Å². The number of hydrogen-bond donors (Lipinski definition) is 1. The van der Waals surface area contributed by atoms with Crippen molar-refractivity contribution in [2.45, 2.75) is 31.2 Å². The molecule has 124 valence electrons. The summed E-state index contributed by atoms with van der Waals surface area (Å²) >= 11 is 2.04. The maximum atomic E-state index is 12.4. The Kier molecular flexibility index (Phi) is 6.83. The lowest BCUT2D eigenvalue weighted by atomic mass is 9.94. The molecule has 1 saturated carbocycles. The van der Waals surface area contributed by atoms with Gasteiger partial charge in [-0.3, -0.25) is 4.90 Å². The number of carbonyl (C=O) groups is 1. The fourth-order valence-corrected chi connectivity index (χ4v) is 4.48. The zero-order chi connectivity index (χ0) is 15.8. The van der Waals surface area contributed by atoms with Crippen LogP contribution in [-0.4, -0.2) is 65.6 Å². The van der Waals surface area contributed by atoms with Crippen LogP contribution in [0.3, 0.4) is 0 Å². The van der Waals surface area contributed by atoms with Crippen LogP contribution < -0.4 is 5.32 Å². The van der Waals surface area contributed by atoms with Gasteiger partial charge in [0.1, 0.15) is 0 Å². The molecule has 5 heteroatoms. The lowest BCUT2D eigenvalue weighted by Gasteiger charge is -2.43. The summed E-state index contributed by atoms with van der Waals surface area (Å²) in [5, 5.41) is 3.18. The first kappa shape index (κ1) is 17.4. The summed E-state index contributed by atoms with van der Waals surface area (Å²) in [5.74, 6) is 2.43. The summed E-state index contributed by atoms with van der Waals surface area (Å²) in [4.78, 5) is 16.8. The Morgan fingerprint density at radius 3 is 2.32 bits per heavy atom. The van der Waals surface area contributed by atoms with Gasteiger partial charge in [0.05, 0.1) is 0 Å². The van der Waals surface area contributed by atoms with Crippen molar-refractivity contribution in [1.82, 2.24) is 15.1 Å². The lowest BCUT2D eigenvalue weighted by Crippen LogP contribution is -2.57. The van der Waals surface area contributed by atoms with E-state index < -0.39 is 0 Å². The van der Waals surface area contributed by atoms with E-state index in [0.717, 1.165) is 19.6 Å². The van der Waals surface area contributed by atoms with Crippen molar-refractivity contribution in [2.75, 3.05) is 44.2 Å². The third-order valence-corrected chi connectivity index (χ3v) is 5.71. The van der Waals surface area contributed by atoms with Gasteiger partial charge in [-0.1, -0.05) is 25.0 Å². The molecule has 1 aliphatic carbocycles. The van der Waals surface area contributed by atoms with Gasteiger partial charge in [-0.05, 0) is 12.8 Å². The molecule has 2 rings (SSSR count). The largest absolute Gasteiger partial charge is 0.336 e. The minimum absolute atomic E-state index is 0.00235. The molecule has 22 heavy (non-hydrogen) atoms. The second kappa shape index (κ2) is 8.63. The minimum Gasteiger partial charge on any atom is -0.336 e. The van der Waals surface area contributed by atoms with E-state index in [1.54, 1.807) is 17.1 Å². The van der Waals surface area contributed by atoms with E-state index >= 15 is 0 Å². The highest BCUT2D eigenvalue weighted by Crippen LogP contribution is 2.36. The molecule has 0 atom stereocenters. The molecule has 0 bridgehead atoms. The minimum atomic E-state index is -0.00235. The number of hydrogen-bond acceptors (Lipinski definition) is 3. The molecule has 4 nitrogen and oxygen atoms in total. The molecule has 1 aliphatic heterocycles. The Hall–Kier alpha value is -0.940. The van der Waals surface area contributed by atoms with Crippen molar-refractivity contribution >= 4 is 17.8 Å². The van der Waals surface area contributed by atoms with E-state index in [0.29, 0.717) is 13.1 Å². The third kappa shape index (κ3) is 4.29. The van der Waals surface area contributed by atoms with Gasteiger partial charge < -0.3 is 10.2 Å². The number of nitrogens with zero attached hydrogens (tertiary/aromatic N) is 2. The van der Waals surface area contributed by atoms with E-state index in [1.165, 1.54) is 37.2 Å². The van der Waals surface area contributed by atoms with E-state index in [9.17, 15) is 4.79 Å². The van der Waals surface area contributed by atoms with E-state index in [4.69, 9.17) is 0 Å². The molecule has 1 saturated heterocycles. The molecular formula is C17H29N3OS. The van der Waals surface area contributed by atoms with Crippen LogP contribution in [0.2, 0.25) is 0 Å². The molecule has 0 aromatic carbocycles. The van der Waals surface area contributed by atoms with Crippen molar-refractivity contribution in [3.63, 3.8) is 0 Å². The monoisotopic (exact) mass is 323 g/mol. The first-order valence-electron chi connectivity index (χ1n) is 8.29. The molecule has 0 aromatic heterocycles. The van der Waals surface area contributed by atoms with Crippen LogP contribution in [0.15, 0.2) is 25.3 Å². The smallest absolute Gasteiger partial charge is 0.318 e. The molecular weight excluding hydrogens is 294 g/mol. The Balaban J connectivity index is 1.94. The number of nitrogens with one attached hydrogen (secondary N) is 1. The molecule has 2 aliphatic rings. The molecule has 2 amide bonds. The number of carbonyl (C=O) groups excluding carboxylic acids is 1.